The van der Waals surface area contributed by atoms with Crippen LogP contribution in [0.5, 0.6) is 0 Å². The van der Waals surface area contributed by atoms with E-state index in [-0.39, 0.29) is 6.03 Å². The lowest BCUT2D eigenvalue weighted by Crippen LogP contribution is -2.50. The highest BCUT2D eigenvalue weighted by molar-refractivity contribution is 5.75. The Balaban J connectivity index is 1.65. The summed E-state index contributed by atoms with van der Waals surface area (Å²) < 4.78 is 0. The van der Waals surface area contributed by atoms with E-state index in [9.17, 15) is 4.79 Å². The van der Waals surface area contributed by atoms with E-state index in [2.05, 4.69) is 21.9 Å². The molecule has 3 heterocycles. The van der Waals surface area contributed by atoms with E-state index in [1.165, 1.54) is 0 Å². The standard InChI is InChI=1S/C12H17N5O/c1-15-2-4-16(5-3-15)12(18)17-7-10-6-13-9-14-11(10)8-17/h6,9H,2-5,7-8H2,1H3. The van der Waals surface area contributed by atoms with Gasteiger partial charge in [0.05, 0.1) is 18.8 Å². The number of fused-ring (bicyclic) bond motifs is 1. The number of hydrogen-bond acceptors (Lipinski definition) is 4. The smallest absolute Gasteiger partial charge is 0.320 e. The number of urea groups is 1. The summed E-state index contributed by atoms with van der Waals surface area (Å²) in [5, 5.41) is 0. The first-order valence-electron chi connectivity index (χ1n) is 6.24. The number of rotatable bonds is 0. The molecule has 1 aromatic rings. The van der Waals surface area contributed by atoms with Crippen molar-refractivity contribution < 1.29 is 4.79 Å². The van der Waals surface area contributed by atoms with Crippen molar-refractivity contribution in [3.63, 3.8) is 0 Å². The lowest BCUT2D eigenvalue weighted by molar-refractivity contribution is 0.121. The Bertz CT molecular complexity index is 431. The summed E-state index contributed by atoms with van der Waals surface area (Å²) >= 11 is 0. The molecule has 6 nitrogen and oxygen atoms in total. The molecule has 1 fully saturated rings. The van der Waals surface area contributed by atoms with Crippen molar-refractivity contribution >= 4 is 6.03 Å². The van der Waals surface area contributed by atoms with Crippen LogP contribution < -0.4 is 0 Å². The molecule has 2 aliphatic rings. The summed E-state index contributed by atoms with van der Waals surface area (Å²) in [6.45, 7) is 4.78. The summed E-state index contributed by atoms with van der Waals surface area (Å²) in [5.41, 5.74) is 2.05. The van der Waals surface area contributed by atoms with Crippen molar-refractivity contribution in [1.82, 2.24) is 24.7 Å². The van der Waals surface area contributed by atoms with Gasteiger partial charge in [-0.1, -0.05) is 0 Å². The minimum Gasteiger partial charge on any atom is -0.322 e. The molecular weight excluding hydrogens is 230 g/mol. The Morgan fingerprint density at radius 3 is 2.67 bits per heavy atom. The number of likely N-dealkylation sites (N-methyl/N-ethyl adjacent to an activating group) is 1. The zero-order valence-electron chi connectivity index (χ0n) is 10.5. The van der Waals surface area contributed by atoms with Gasteiger partial charge in [-0.2, -0.15) is 0 Å². The second kappa shape index (κ2) is 4.53. The second-order valence-electron chi connectivity index (χ2n) is 4.92. The summed E-state index contributed by atoms with van der Waals surface area (Å²) in [7, 11) is 2.09. The maximum Gasteiger partial charge on any atom is 0.320 e. The number of aromatic nitrogens is 2. The average molecular weight is 247 g/mol. The first-order valence-corrected chi connectivity index (χ1v) is 6.24. The normalized spacial score (nSPS) is 20.1. The molecule has 0 N–H and O–H groups in total. The van der Waals surface area contributed by atoms with Crippen molar-refractivity contribution in [2.75, 3.05) is 33.2 Å². The average Bonchev–Trinajstić information content (AvgIpc) is 2.82. The fraction of sp³-hybridized carbons (Fsp3) is 0.583. The van der Waals surface area contributed by atoms with Gasteiger partial charge in [-0.25, -0.2) is 14.8 Å². The van der Waals surface area contributed by atoms with Crippen molar-refractivity contribution in [3.8, 4) is 0 Å². The van der Waals surface area contributed by atoms with Crippen molar-refractivity contribution in [2.24, 2.45) is 0 Å². The molecule has 0 aromatic carbocycles. The fourth-order valence-electron chi connectivity index (χ4n) is 2.43. The zero-order valence-corrected chi connectivity index (χ0v) is 10.5. The van der Waals surface area contributed by atoms with Crippen LogP contribution in [0.2, 0.25) is 0 Å². The SMILES string of the molecule is CN1CCN(C(=O)N2Cc3cncnc3C2)CC1. The molecule has 0 radical (unpaired) electrons. The lowest BCUT2D eigenvalue weighted by Gasteiger charge is -2.34. The predicted octanol–water partition coefficient (Wildman–Crippen LogP) is 0.160. The van der Waals surface area contributed by atoms with Crippen LogP contribution >= 0.6 is 0 Å². The van der Waals surface area contributed by atoms with E-state index in [1.54, 1.807) is 12.5 Å². The third-order valence-electron chi connectivity index (χ3n) is 3.63. The first kappa shape index (κ1) is 11.4. The van der Waals surface area contributed by atoms with Crippen molar-refractivity contribution in [3.05, 3.63) is 23.8 Å². The molecule has 0 unspecified atom stereocenters. The van der Waals surface area contributed by atoms with Gasteiger partial charge in [0, 0.05) is 37.9 Å². The van der Waals surface area contributed by atoms with Gasteiger partial charge in [-0.05, 0) is 7.05 Å². The quantitative estimate of drug-likeness (QED) is 0.655. The summed E-state index contributed by atoms with van der Waals surface area (Å²) in [4.78, 5) is 26.6. The summed E-state index contributed by atoms with van der Waals surface area (Å²) in [6.07, 6.45) is 3.35. The van der Waals surface area contributed by atoms with Crippen LogP contribution in [0.1, 0.15) is 11.3 Å². The van der Waals surface area contributed by atoms with Crippen LogP contribution in [0.15, 0.2) is 12.5 Å². The van der Waals surface area contributed by atoms with Gasteiger partial charge in [-0.15, -0.1) is 0 Å². The van der Waals surface area contributed by atoms with E-state index in [4.69, 9.17) is 0 Å². The minimum atomic E-state index is 0.126. The molecule has 6 heteroatoms. The molecule has 1 aromatic heterocycles. The van der Waals surface area contributed by atoms with Crippen molar-refractivity contribution in [2.45, 2.75) is 13.1 Å². The monoisotopic (exact) mass is 247 g/mol. The van der Waals surface area contributed by atoms with Gasteiger partial charge >= 0.3 is 6.03 Å². The summed E-state index contributed by atoms with van der Waals surface area (Å²) in [5.74, 6) is 0. The number of hydrogen-bond donors (Lipinski definition) is 0. The largest absolute Gasteiger partial charge is 0.322 e. The van der Waals surface area contributed by atoms with Gasteiger partial charge in [0.2, 0.25) is 0 Å². The van der Waals surface area contributed by atoms with Gasteiger partial charge < -0.3 is 14.7 Å². The van der Waals surface area contributed by atoms with Gasteiger partial charge in [0.25, 0.3) is 0 Å². The zero-order chi connectivity index (χ0) is 12.5. The number of carbonyl (C=O) groups is 1. The highest BCUT2D eigenvalue weighted by Gasteiger charge is 2.29. The maximum absolute atomic E-state index is 12.4. The van der Waals surface area contributed by atoms with Gasteiger partial charge in [0.15, 0.2) is 0 Å². The third kappa shape index (κ3) is 2.03. The predicted molar refractivity (Wildman–Crippen MR) is 65.7 cm³/mol. The fourth-order valence-corrected chi connectivity index (χ4v) is 2.43. The molecule has 2 aliphatic heterocycles. The Morgan fingerprint density at radius 2 is 1.94 bits per heavy atom. The number of amides is 2. The van der Waals surface area contributed by atoms with Crippen molar-refractivity contribution in [1.29, 1.82) is 0 Å². The molecular formula is C12H17N5O. The maximum atomic E-state index is 12.4. The Kier molecular flexibility index (Phi) is 2.87. The third-order valence-corrected chi connectivity index (χ3v) is 3.63. The first-order chi connectivity index (χ1) is 8.74. The molecule has 0 atom stereocenters. The lowest BCUT2D eigenvalue weighted by atomic mass is 10.3. The van der Waals surface area contributed by atoms with Crippen LogP contribution in [0.25, 0.3) is 0 Å². The minimum absolute atomic E-state index is 0.126. The molecule has 96 valence electrons. The van der Waals surface area contributed by atoms with Crippen LogP contribution in [-0.4, -0.2) is 63.9 Å². The number of nitrogens with zero attached hydrogens (tertiary/aromatic N) is 5. The topological polar surface area (TPSA) is 52.6 Å². The Labute approximate surface area is 106 Å². The molecule has 1 saturated heterocycles. The molecule has 0 aliphatic carbocycles. The van der Waals surface area contributed by atoms with Crippen LogP contribution in [0.4, 0.5) is 4.79 Å². The van der Waals surface area contributed by atoms with Gasteiger partial charge in [-0.3, -0.25) is 0 Å². The van der Waals surface area contributed by atoms with Crippen LogP contribution in [0, 0.1) is 0 Å². The van der Waals surface area contributed by atoms with E-state index < -0.39 is 0 Å². The molecule has 2 amide bonds. The molecule has 0 saturated carbocycles. The number of piperazine rings is 1. The van der Waals surface area contributed by atoms with E-state index in [0.29, 0.717) is 13.1 Å². The molecule has 18 heavy (non-hydrogen) atoms. The molecule has 3 rings (SSSR count). The Morgan fingerprint density at radius 1 is 1.17 bits per heavy atom. The van der Waals surface area contributed by atoms with Crippen LogP contribution in [0.3, 0.4) is 0 Å². The van der Waals surface area contributed by atoms with Gasteiger partial charge in [0.1, 0.15) is 6.33 Å². The second-order valence-corrected chi connectivity index (χ2v) is 4.92. The highest BCUT2D eigenvalue weighted by atomic mass is 16.2. The van der Waals surface area contributed by atoms with E-state index in [0.717, 1.165) is 37.4 Å². The van der Waals surface area contributed by atoms with Crippen LogP contribution in [-0.2, 0) is 13.1 Å². The molecule has 0 spiro atoms. The highest BCUT2D eigenvalue weighted by Crippen LogP contribution is 2.21. The number of carbonyl (C=O) groups excluding carboxylic acids is 1. The van der Waals surface area contributed by atoms with E-state index in [1.807, 2.05) is 9.80 Å². The summed E-state index contributed by atoms with van der Waals surface area (Å²) in [6, 6.07) is 0.126. The van der Waals surface area contributed by atoms with E-state index >= 15 is 0 Å². The Hall–Kier alpha value is -1.69. The molecule has 0 bridgehead atoms.